The lowest BCUT2D eigenvalue weighted by Gasteiger charge is -2.29. The molecule has 0 unspecified atom stereocenters. The van der Waals surface area contributed by atoms with Crippen molar-refractivity contribution in [2.45, 2.75) is 129 Å². The first-order chi connectivity index (χ1) is 15.1. The van der Waals surface area contributed by atoms with Crippen LogP contribution in [0.3, 0.4) is 0 Å². The fraction of sp³-hybridized carbons (Fsp3) is 0.724. The third kappa shape index (κ3) is 10.1. The van der Waals surface area contributed by atoms with E-state index in [4.69, 9.17) is 0 Å². The highest BCUT2D eigenvalue weighted by Gasteiger charge is 2.22. The molecule has 2 heteroatoms. The highest BCUT2D eigenvalue weighted by molar-refractivity contribution is 6.07. The Balaban J connectivity index is 1.60. The Kier molecular flexibility index (Phi) is 12.8. The first kappa shape index (κ1) is 25.8. The quantitative estimate of drug-likeness (QED) is 0.150. The van der Waals surface area contributed by atoms with E-state index in [1.807, 2.05) is 19.1 Å². The van der Waals surface area contributed by atoms with Crippen LogP contribution in [0.4, 0.5) is 0 Å². The third-order valence-corrected chi connectivity index (χ3v) is 7.15. The Morgan fingerprint density at radius 2 is 1.32 bits per heavy atom. The van der Waals surface area contributed by atoms with E-state index in [1.54, 1.807) is 0 Å². The van der Waals surface area contributed by atoms with Crippen molar-refractivity contribution < 1.29 is 9.59 Å². The van der Waals surface area contributed by atoms with Gasteiger partial charge in [0.25, 0.3) is 0 Å². The maximum absolute atomic E-state index is 12.3. The first-order valence-electron chi connectivity index (χ1n) is 13.3. The van der Waals surface area contributed by atoms with Crippen molar-refractivity contribution in [3.05, 3.63) is 35.4 Å². The number of carbonyl (C=O) groups is 2. The maximum atomic E-state index is 12.3. The van der Waals surface area contributed by atoms with Gasteiger partial charge < -0.3 is 0 Å². The van der Waals surface area contributed by atoms with Crippen molar-refractivity contribution in [3.63, 3.8) is 0 Å². The van der Waals surface area contributed by atoms with Crippen LogP contribution in [0.2, 0.25) is 0 Å². The first-order valence-corrected chi connectivity index (χ1v) is 13.3. The van der Waals surface area contributed by atoms with E-state index in [0.29, 0.717) is 17.9 Å². The summed E-state index contributed by atoms with van der Waals surface area (Å²) in [5, 5.41) is 0. The number of benzene rings is 1. The van der Waals surface area contributed by atoms with E-state index in [1.165, 1.54) is 95.5 Å². The van der Waals surface area contributed by atoms with Crippen molar-refractivity contribution in [1.82, 2.24) is 0 Å². The van der Waals surface area contributed by atoms with E-state index in [2.05, 4.69) is 19.1 Å². The molecule has 1 aliphatic rings. The van der Waals surface area contributed by atoms with Gasteiger partial charge in [0.1, 0.15) is 5.78 Å². The molecule has 31 heavy (non-hydrogen) atoms. The van der Waals surface area contributed by atoms with Gasteiger partial charge in [-0.1, -0.05) is 102 Å². The number of hydrogen-bond donors (Lipinski definition) is 0. The van der Waals surface area contributed by atoms with Crippen LogP contribution >= 0.6 is 0 Å². The molecular weight excluding hydrogens is 380 g/mol. The Morgan fingerprint density at radius 1 is 0.742 bits per heavy atom. The molecule has 1 aromatic rings. The Bertz CT molecular complexity index is 623. The highest BCUT2D eigenvalue weighted by atomic mass is 16.1. The van der Waals surface area contributed by atoms with Crippen molar-refractivity contribution in [1.29, 1.82) is 0 Å². The van der Waals surface area contributed by atoms with Crippen molar-refractivity contribution >= 4 is 11.6 Å². The summed E-state index contributed by atoms with van der Waals surface area (Å²) in [5.74, 6) is 1.59. The summed E-state index contributed by atoms with van der Waals surface area (Å²) in [6.07, 6.45) is 20.8. The molecule has 0 bridgehead atoms. The van der Waals surface area contributed by atoms with E-state index in [0.717, 1.165) is 12.3 Å². The summed E-state index contributed by atoms with van der Waals surface area (Å²) in [4.78, 5) is 24.0. The predicted octanol–water partition coefficient (Wildman–Crippen LogP) is 8.82. The monoisotopic (exact) mass is 426 g/mol. The molecule has 0 aliphatic heterocycles. The molecule has 0 radical (unpaired) electrons. The van der Waals surface area contributed by atoms with Crippen LogP contribution in [0.1, 0.15) is 145 Å². The molecule has 2 rings (SSSR count). The summed E-state index contributed by atoms with van der Waals surface area (Å²) in [7, 11) is 0. The molecule has 174 valence electrons. The van der Waals surface area contributed by atoms with Crippen molar-refractivity contribution in [2.75, 3.05) is 0 Å². The van der Waals surface area contributed by atoms with Crippen molar-refractivity contribution in [3.8, 4) is 0 Å². The van der Waals surface area contributed by atoms with Crippen LogP contribution in [0.15, 0.2) is 24.3 Å². The standard InChI is InChI=1S/C29H46O2/c1-3-5-6-7-8-9-10-11-12-14-24-15-17-25(18-16-24)26-19-21-27(22-20-26)29(31)23-28(30)13-4-2/h19-22,24-25H,3-18,23H2,1-2H3. The normalized spacial score (nSPS) is 18.8. The minimum Gasteiger partial charge on any atom is -0.299 e. The van der Waals surface area contributed by atoms with Crippen LogP contribution < -0.4 is 0 Å². The number of rotatable bonds is 16. The number of hydrogen-bond acceptors (Lipinski definition) is 2. The Labute approximate surface area is 191 Å². The predicted molar refractivity (Wildman–Crippen MR) is 132 cm³/mol. The van der Waals surface area contributed by atoms with Gasteiger partial charge in [0, 0.05) is 12.0 Å². The largest absolute Gasteiger partial charge is 0.299 e. The zero-order valence-corrected chi connectivity index (χ0v) is 20.3. The molecule has 1 aromatic carbocycles. The SMILES string of the molecule is CCCCCCCCCCCC1CCC(c2ccc(C(=O)CC(=O)CCC)cc2)CC1. The van der Waals surface area contributed by atoms with Gasteiger partial charge in [-0.05, 0) is 49.5 Å². The molecule has 1 aliphatic carbocycles. The lowest BCUT2D eigenvalue weighted by molar-refractivity contribution is -0.118. The minimum atomic E-state index is -0.0327. The van der Waals surface area contributed by atoms with Crippen LogP contribution in [-0.4, -0.2) is 11.6 Å². The Hall–Kier alpha value is -1.44. The zero-order chi connectivity index (χ0) is 22.3. The molecule has 1 fully saturated rings. The number of Topliss-reactive ketones (excluding diaryl/α,β-unsaturated/α-hetero) is 2. The molecule has 0 amide bonds. The molecule has 2 nitrogen and oxygen atoms in total. The van der Waals surface area contributed by atoms with Gasteiger partial charge in [-0.3, -0.25) is 9.59 Å². The summed E-state index contributed by atoms with van der Waals surface area (Å²) in [6.45, 7) is 4.26. The molecule has 0 atom stereocenters. The molecule has 0 heterocycles. The van der Waals surface area contributed by atoms with Gasteiger partial charge >= 0.3 is 0 Å². The van der Waals surface area contributed by atoms with Gasteiger partial charge in [0.15, 0.2) is 5.78 Å². The van der Waals surface area contributed by atoms with E-state index >= 15 is 0 Å². The number of carbonyl (C=O) groups excluding carboxylic acids is 2. The van der Waals surface area contributed by atoms with Crippen molar-refractivity contribution in [2.24, 2.45) is 5.92 Å². The zero-order valence-electron chi connectivity index (χ0n) is 20.3. The maximum Gasteiger partial charge on any atom is 0.170 e. The van der Waals surface area contributed by atoms with Crippen LogP contribution in [0.25, 0.3) is 0 Å². The minimum absolute atomic E-state index is 0.0327. The fourth-order valence-electron chi connectivity index (χ4n) is 5.12. The molecule has 0 spiro atoms. The Morgan fingerprint density at radius 3 is 1.90 bits per heavy atom. The van der Waals surface area contributed by atoms with E-state index in [-0.39, 0.29) is 18.0 Å². The van der Waals surface area contributed by atoms with Crippen LogP contribution in [0.5, 0.6) is 0 Å². The van der Waals surface area contributed by atoms with Gasteiger partial charge in [-0.2, -0.15) is 0 Å². The second kappa shape index (κ2) is 15.4. The van der Waals surface area contributed by atoms with Gasteiger partial charge in [-0.25, -0.2) is 0 Å². The lowest BCUT2D eigenvalue weighted by atomic mass is 9.77. The smallest absolute Gasteiger partial charge is 0.170 e. The van der Waals surface area contributed by atoms with Gasteiger partial charge in [-0.15, -0.1) is 0 Å². The summed E-state index contributed by atoms with van der Waals surface area (Å²) in [5.41, 5.74) is 2.06. The topological polar surface area (TPSA) is 34.1 Å². The van der Waals surface area contributed by atoms with E-state index < -0.39 is 0 Å². The molecule has 0 saturated heterocycles. The highest BCUT2D eigenvalue weighted by Crippen LogP contribution is 2.37. The van der Waals surface area contributed by atoms with Crippen LogP contribution in [0, 0.1) is 5.92 Å². The number of ketones is 2. The second-order valence-electron chi connectivity index (χ2n) is 9.85. The average molecular weight is 427 g/mol. The lowest BCUT2D eigenvalue weighted by Crippen LogP contribution is -2.13. The van der Waals surface area contributed by atoms with Gasteiger partial charge in [0.2, 0.25) is 0 Å². The molecule has 0 N–H and O–H groups in total. The summed E-state index contributed by atoms with van der Waals surface area (Å²) in [6, 6.07) is 8.13. The summed E-state index contributed by atoms with van der Waals surface area (Å²) < 4.78 is 0. The number of unbranched alkanes of at least 4 members (excludes halogenated alkanes) is 8. The van der Waals surface area contributed by atoms with Gasteiger partial charge in [0.05, 0.1) is 6.42 Å². The summed E-state index contributed by atoms with van der Waals surface area (Å²) >= 11 is 0. The molecular formula is C29H46O2. The third-order valence-electron chi connectivity index (χ3n) is 7.15. The second-order valence-corrected chi connectivity index (χ2v) is 9.85. The van der Waals surface area contributed by atoms with E-state index in [9.17, 15) is 9.59 Å². The van der Waals surface area contributed by atoms with Crippen LogP contribution in [-0.2, 0) is 4.79 Å². The average Bonchev–Trinajstić information content (AvgIpc) is 2.78. The molecule has 1 saturated carbocycles. The molecule has 0 aromatic heterocycles. The fourth-order valence-corrected chi connectivity index (χ4v) is 5.12.